The normalized spacial score (nSPS) is 10.6. The third kappa shape index (κ3) is 4.01. The Morgan fingerprint density at radius 3 is 2.00 bits per heavy atom. The quantitative estimate of drug-likeness (QED) is 0.596. The van der Waals surface area contributed by atoms with Gasteiger partial charge in [0.25, 0.3) is 0 Å². The standard InChI is InChI=1S/C22H24N2O4/c1-14(2)28-17-8-6-15(7-9-17)18-12-23-13-24-21(18)16-10-19(25-3)22(27-5)20(11-16)26-4/h6-14H,1-5H3. The fraction of sp³-hybridized carbons (Fsp3) is 0.273. The minimum atomic E-state index is 0.126. The first-order valence-corrected chi connectivity index (χ1v) is 8.94. The molecule has 0 radical (unpaired) electrons. The van der Waals surface area contributed by atoms with Crippen LogP contribution in [-0.4, -0.2) is 37.4 Å². The molecule has 28 heavy (non-hydrogen) atoms. The summed E-state index contributed by atoms with van der Waals surface area (Å²) in [7, 11) is 4.77. The molecule has 0 saturated heterocycles. The second-order valence-corrected chi connectivity index (χ2v) is 6.39. The molecule has 0 aliphatic rings. The largest absolute Gasteiger partial charge is 0.493 e. The zero-order valence-electron chi connectivity index (χ0n) is 16.7. The van der Waals surface area contributed by atoms with Gasteiger partial charge < -0.3 is 18.9 Å². The molecule has 0 spiro atoms. The van der Waals surface area contributed by atoms with E-state index >= 15 is 0 Å². The SMILES string of the molecule is COc1cc(-c2ncncc2-c2ccc(OC(C)C)cc2)cc(OC)c1OC. The molecule has 6 nitrogen and oxygen atoms in total. The molecule has 1 aromatic heterocycles. The van der Waals surface area contributed by atoms with Gasteiger partial charge in [0.15, 0.2) is 11.5 Å². The van der Waals surface area contributed by atoms with Crippen LogP contribution in [0.2, 0.25) is 0 Å². The van der Waals surface area contributed by atoms with Gasteiger partial charge in [-0.3, -0.25) is 0 Å². The molecule has 3 rings (SSSR count). The van der Waals surface area contributed by atoms with Gasteiger partial charge in [0, 0.05) is 17.3 Å². The van der Waals surface area contributed by atoms with Crippen molar-refractivity contribution < 1.29 is 18.9 Å². The van der Waals surface area contributed by atoms with Crippen LogP contribution in [0.3, 0.4) is 0 Å². The minimum Gasteiger partial charge on any atom is -0.493 e. The second kappa shape index (κ2) is 8.61. The molecular weight excluding hydrogens is 356 g/mol. The van der Waals surface area contributed by atoms with Crippen molar-refractivity contribution in [3.8, 4) is 45.4 Å². The van der Waals surface area contributed by atoms with Crippen LogP contribution >= 0.6 is 0 Å². The molecule has 0 N–H and O–H groups in total. The maximum absolute atomic E-state index is 5.73. The van der Waals surface area contributed by atoms with Gasteiger partial charge in [-0.15, -0.1) is 0 Å². The molecule has 0 saturated carbocycles. The molecule has 0 fully saturated rings. The van der Waals surface area contributed by atoms with Crippen LogP contribution in [-0.2, 0) is 0 Å². The van der Waals surface area contributed by atoms with Crippen molar-refractivity contribution in [2.24, 2.45) is 0 Å². The van der Waals surface area contributed by atoms with Crippen molar-refractivity contribution in [3.05, 3.63) is 48.9 Å². The summed E-state index contributed by atoms with van der Waals surface area (Å²) in [5, 5.41) is 0. The molecule has 0 amide bonds. The summed E-state index contributed by atoms with van der Waals surface area (Å²) in [6.07, 6.45) is 3.45. The third-order valence-corrected chi connectivity index (χ3v) is 4.19. The van der Waals surface area contributed by atoms with E-state index in [0.717, 1.165) is 28.1 Å². The second-order valence-electron chi connectivity index (χ2n) is 6.39. The Hall–Kier alpha value is -3.28. The molecule has 0 unspecified atom stereocenters. The van der Waals surface area contributed by atoms with Crippen LogP contribution in [0.5, 0.6) is 23.0 Å². The summed E-state index contributed by atoms with van der Waals surface area (Å²) in [6.45, 7) is 4.00. The first-order chi connectivity index (χ1) is 13.6. The van der Waals surface area contributed by atoms with Crippen LogP contribution in [0, 0.1) is 0 Å². The summed E-state index contributed by atoms with van der Waals surface area (Å²) < 4.78 is 22.1. The Morgan fingerprint density at radius 1 is 0.821 bits per heavy atom. The Balaban J connectivity index is 2.08. The Kier molecular flexibility index (Phi) is 5.99. The number of methoxy groups -OCH3 is 3. The number of rotatable bonds is 7. The third-order valence-electron chi connectivity index (χ3n) is 4.19. The van der Waals surface area contributed by atoms with Gasteiger partial charge >= 0.3 is 0 Å². The van der Waals surface area contributed by atoms with Gasteiger partial charge in [-0.2, -0.15) is 0 Å². The highest BCUT2D eigenvalue weighted by atomic mass is 16.5. The zero-order valence-corrected chi connectivity index (χ0v) is 16.7. The molecule has 0 atom stereocenters. The van der Waals surface area contributed by atoms with E-state index in [0.29, 0.717) is 17.2 Å². The van der Waals surface area contributed by atoms with E-state index in [9.17, 15) is 0 Å². The van der Waals surface area contributed by atoms with E-state index in [1.807, 2.05) is 50.2 Å². The van der Waals surface area contributed by atoms with E-state index in [1.54, 1.807) is 27.5 Å². The molecule has 1 heterocycles. The Labute approximate surface area is 165 Å². The Bertz CT molecular complexity index is 915. The van der Waals surface area contributed by atoms with E-state index < -0.39 is 0 Å². The lowest BCUT2D eigenvalue weighted by atomic mass is 10.00. The van der Waals surface area contributed by atoms with Crippen LogP contribution in [0.15, 0.2) is 48.9 Å². The predicted molar refractivity (Wildman–Crippen MR) is 108 cm³/mol. The molecule has 146 valence electrons. The van der Waals surface area contributed by atoms with E-state index in [2.05, 4.69) is 9.97 Å². The van der Waals surface area contributed by atoms with Crippen molar-refractivity contribution >= 4 is 0 Å². The fourth-order valence-corrected chi connectivity index (χ4v) is 2.97. The monoisotopic (exact) mass is 380 g/mol. The summed E-state index contributed by atoms with van der Waals surface area (Å²) in [4.78, 5) is 8.72. The highest BCUT2D eigenvalue weighted by Gasteiger charge is 2.17. The number of hydrogen-bond donors (Lipinski definition) is 0. The van der Waals surface area contributed by atoms with Crippen LogP contribution in [0.1, 0.15) is 13.8 Å². The molecule has 0 aliphatic carbocycles. The predicted octanol–water partition coefficient (Wildman–Crippen LogP) is 4.62. The van der Waals surface area contributed by atoms with Gasteiger partial charge in [-0.25, -0.2) is 9.97 Å². The van der Waals surface area contributed by atoms with E-state index in [1.165, 1.54) is 6.33 Å². The molecule has 2 aromatic carbocycles. The maximum Gasteiger partial charge on any atom is 0.203 e. The lowest BCUT2D eigenvalue weighted by Crippen LogP contribution is -2.05. The topological polar surface area (TPSA) is 62.7 Å². The summed E-state index contributed by atoms with van der Waals surface area (Å²) in [5.41, 5.74) is 3.49. The first kappa shape index (κ1) is 19.5. The molecular formula is C22H24N2O4. The van der Waals surface area contributed by atoms with Gasteiger partial charge in [0.2, 0.25) is 5.75 Å². The maximum atomic E-state index is 5.73. The van der Waals surface area contributed by atoms with Crippen molar-refractivity contribution in [1.29, 1.82) is 0 Å². The fourth-order valence-electron chi connectivity index (χ4n) is 2.97. The summed E-state index contributed by atoms with van der Waals surface area (Å²) >= 11 is 0. The van der Waals surface area contributed by atoms with Crippen molar-refractivity contribution in [3.63, 3.8) is 0 Å². The molecule has 0 bridgehead atoms. The van der Waals surface area contributed by atoms with Gasteiger partial charge in [-0.1, -0.05) is 12.1 Å². The number of hydrogen-bond acceptors (Lipinski definition) is 6. The average Bonchev–Trinajstić information content (AvgIpc) is 2.72. The van der Waals surface area contributed by atoms with Crippen molar-refractivity contribution in [1.82, 2.24) is 9.97 Å². The summed E-state index contributed by atoms with van der Waals surface area (Å²) in [6, 6.07) is 11.6. The highest BCUT2D eigenvalue weighted by molar-refractivity contribution is 5.82. The molecule has 3 aromatic rings. The average molecular weight is 380 g/mol. The smallest absolute Gasteiger partial charge is 0.203 e. The Morgan fingerprint density at radius 2 is 1.46 bits per heavy atom. The number of ether oxygens (including phenoxy) is 4. The van der Waals surface area contributed by atoms with Crippen LogP contribution in [0.4, 0.5) is 0 Å². The minimum absolute atomic E-state index is 0.126. The van der Waals surface area contributed by atoms with Gasteiger partial charge in [-0.05, 0) is 43.7 Å². The van der Waals surface area contributed by atoms with Gasteiger partial charge in [0.05, 0.1) is 33.1 Å². The van der Waals surface area contributed by atoms with Crippen LogP contribution in [0.25, 0.3) is 22.4 Å². The van der Waals surface area contributed by atoms with Crippen molar-refractivity contribution in [2.75, 3.05) is 21.3 Å². The number of aromatic nitrogens is 2. The zero-order chi connectivity index (χ0) is 20.1. The van der Waals surface area contributed by atoms with Gasteiger partial charge in [0.1, 0.15) is 12.1 Å². The van der Waals surface area contributed by atoms with Crippen molar-refractivity contribution in [2.45, 2.75) is 20.0 Å². The number of nitrogens with zero attached hydrogens (tertiary/aromatic N) is 2. The van der Waals surface area contributed by atoms with E-state index in [4.69, 9.17) is 18.9 Å². The lowest BCUT2D eigenvalue weighted by molar-refractivity contribution is 0.242. The molecule has 0 aliphatic heterocycles. The van der Waals surface area contributed by atoms with Crippen LogP contribution < -0.4 is 18.9 Å². The van der Waals surface area contributed by atoms with E-state index in [-0.39, 0.29) is 6.10 Å². The highest BCUT2D eigenvalue weighted by Crippen LogP contribution is 2.42. The number of benzene rings is 2. The first-order valence-electron chi connectivity index (χ1n) is 8.94. The lowest BCUT2D eigenvalue weighted by Gasteiger charge is -2.15. The summed E-state index contributed by atoms with van der Waals surface area (Å²) in [5.74, 6) is 2.51. The molecule has 6 heteroatoms.